The number of nitrogens with one attached hydrogen (secondary N) is 1. The Kier molecular flexibility index (Phi) is 5.36. The van der Waals surface area contributed by atoms with Gasteiger partial charge >= 0.3 is 0 Å². The Labute approximate surface area is 107 Å². The number of hydrogen-bond acceptors (Lipinski definition) is 2. The van der Waals surface area contributed by atoms with Gasteiger partial charge in [0.05, 0.1) is 0 Å². The summed E-state index contributed by atoms with van der Waals surface area (Å²) in [6.45, 7) is 6.93. The summed E-state index contributed by atoms with van der Waals surface area (Å²) in [5.74, 6) is 0.309. The molecule has 1 amide bonds. The molecule has 3 nitrogen and oxygen atoms in total. The molecule has 0 unspecified atom stereocenters. The van der Waals surface area contributed by atoms with Gasteiger partial charge in [0.25, 0.3) is 0 Å². The normalized spacial score (nSPS) is 11.1. The number of allylic oxidation sites excluding steroid dienone is 1. The van der Waals surface area contributed by atoms with Crippen LogP contribution in [0.25, 0.3) is 5.70 Å². The number of nitrogens with zero attached hydrogens (tertiary/aromatic N) is 1. The third kappa shape index (κ3) is 4.24. The number of amides is 1. The molecular formula is C15H16N2O. The molecule has 0 saturated carbocycles. The Bertz CT molecular complexity index is 521. The zero-order valence-electron chi connectivity index (χ0n) is 10.6. The van der Waals surface area contributed by atoms with Crippen LogP contribution in [0, 0.1) is 0 Å². The van der Waals surface area contributed by atoms with Gasteiger partial charge in [0, 0.05) is 12.5 Å². The molecule has 0 fully saturated rings. The predicted octanol–water partition coefficient (Wildman–Crippen LogP) is 2.92. The summed E-state index contributed by atoms with van der Waals surface area (Å²) in [6.07, 6.45) is 3.53. The second-order valence-electron chi connectivity index (χ2n) is 3.57. The maximum absolute atomic E-state index is 11.1. The van der Waals surface area contributed by atoms with Crippen molar-refractivity contribution < 1.29 is 4.79 Å². The number of amidine groups is 1. The van der Waals surface area contributed by atoms with Crippen molar-refractivity contribution >= 4 is 17.4 Å². The number of carbonyl (C=O) groups is 1. The summed E-state index contributed by atoms with van der Waals surface area (Å²) < 4.78 is 0. The van der Waals surface area contributed by atoms with Crippen LogP contribution in [0.2, 0.25) is 0 Å². The van der Waals surface area contributed by atoms with Crippen molar-refractivity contribution in [3.05, 3.63) is 60.4 Å². The van der Waals surface area contributed by atoms with E-state index in [1.807, 2.05) is 37.3 Å². The fourth-order valence-electron chi connectivity index (χ4n) is 1.37. The highest BCUT2D eigenvalue weighted by Crippen LogP contribution is 2.13. The lowest BCUT2D eigenvalue weighted by atomic mass is 10.2. The minimum absolute atomic E-state index is 0.164. The van der Waals surface area contributed by atoms with E-state index in [1.165, 1.54) is 6.92 Å². The molecule has 0 radical (unpaired) electrons. The summed E-state index contributed by atoms with van der Waals surface area (Å²) in [7, 11) is 0. The third-order valence-electron chi connectivity index (χ3n) is 2.08. The van der Waals surface area contributed by atoms with Crippen LogP contribution in [0.3, 0.4) is 0 Å². The van der Waals surface area contributed by atoms with E-state index in [2.05, 4.69) is 22.6 Å². The van der Waals surface area contributed by atoms with Crippen LogP contribution in [0.4, 0.5) is 0 Å². The van der Waals surface area contributed by atoms with Crippen molar-refractivity contribution in [2.45, 2.75) is 13.8 Å². The van der Waals surface area contributed by atoms with E-state index in [9.17, 15) is 4.79 Å². The molecule has 3 heteroatoms. The van der Waals surface area contributed by atoms with E-state index in [-0.39, 0.29) is 5.91 Å². The van der Waals surface area contributed by atoms with Gasteiger partial charge in [-0.1, -0.05) is 43.0 Å². The first-order chi connectivity index (χ1) is 8.67. The molecule has 1 N–H and O–H groups in total. The Hall–Kier alpha value is -2.38. The van der Waals surface area contributed by atoms with E-state index >= 15 is 0 Å². The first-order valence-electron chi connectivity index (χ1n) is 5.61. The van der Waals surface area contributed by atoms with Crippen LogP contribution in [-0.2, 0) is 4.79 Å². The molecule has 0 aromatic heterocycles. The first-order valence-corrected chi connectivity index (χ1v) is 5.61. The maximum Gasteiger partial charge on any atom is 0.222 e. The fraction of sp³-hybridized carbons (Fsp3) is 0.133. The average Bonchev–Trinajstić information content (AvgIpc) is 2.36. The van der Waals surface area contributed by atoms with Gasteiger partial charge in [-0.3, -0.25) is 4.79 Å². The molecule has 0 atom stereocenters. The summed E-state index contributed by atoms with van der Waals surface area (Å²) in [5, 5.41) is 2.65. The number of benzene rings is 1. The van der Waals surface area contributed by atoms with Crippen molar-refractivity contribution in [2.75, 3.05) is 0 Å². The molecular weight excluding hydrogens is 224 g/mol. The van der Waals surface area contributed by atoms with Crippen molar-refractivity contribution in [1.29, 1.82) is 0 Å². The van der Waals surface area contributed by atoms with Crippen molar-refractivity contribution in [1.82, 2.24) is 5.32 Å². The molecule has 0 aliphatic heterocycles. The molecule has 18 heavy (non-hydrogen) atoms. The van der Waals surface area contributed by atoms with Crippen LogP contribution in [0.1, 0.15) is 19.4 Å². The van der Waals surface area contributed by atoms with Gasteiger partial charge in [-0.2, -0.15) is 0 Å². The quantitative estimate of drug-likeness (QED) is 0.492. The Morgan fingerprint density at radius 2 is 2.06 bits per heavy atom. The highest BCUT2D eigenvalue weighted by Gasteiger charge is 2.01. The Morgan fingerprint density at radius 3 is 2.56 bits per heavy atom. The van der Waals surface area contributed by atoms with E-state index in [4.69, 9.17) is 0 Å². The van der Waals surface area contributed by atoms with Crippen molar-refractivity contribution in [3.63, 3.8) is 0 Å². The summed E-state index contributed by atoms with van der Waals surface area (Å²) in [6, 6.07) is 9.58. The van der Waals surface area contributed by atoms with Crippen LogP contribution in [0.5, 0.6) is 0 Å². The molecule has 0 saturated heterocycles. The topological polar surface area (TPSA) is 41.5 Å². The second kappa shape index (κ2) is 7.05. The zero-order chi connectivity index (χ0) is 13.4. The van der Waals surface area contributed by atoms with Crippen molar-refractivity contribution in [3.8, 4) is 0 Å². The smallest absolute Gasteiger partial charge is 0.222 e. The highest BCUT2D eigenvalue weighted by molar-refractivity contribution is 6.05. The van der Waals surface area contributed by atoms with Crippen LogP contribution < -0.4 is 5.32 Å². The molecule has 0 spiro atoms. The van der Waals surface area contributed by atoms with Crippen LogP contribution >= 0.6 is 0 Å². The van der Waals surface area contributed by atoms with Gasteiger partial charge < -0.3 is 5.32 Å². The molecule has 0 bridgehead atoms. The molecule has 1 aromatic rings. The zero-order valence-corrected chi connectivity index (χ0v) is 10.6. The predicted molar refractivity (Wildman–Crippen MR) is 75.1 cm³/mol. The molecule has 0 heterocycles. The van der Waals surface area contributed by atoms with Gasteiger partial charge in [0.1, 0.15) is 11.5 Å². The number of rotatable bonds is 3. The van der Waals surface area contributed by atoms with Gasteiger partial charge in [-0.05, 0) is 13.0 Å². The van der Waals surface area contributed by atoms with Crippen LogP contribution in [-0.4, -0.2) is 11.7 Å². The minimum atomic E-state index is -0.164. The van der Waals surface area contributed by atoms with Gasteiger partial charge in [0.15, 0.2) is 0 Å². The SMILES string of the molecule is C=C=C(N=C(/C=C\C)NC(C)=O)c1ccccc1. The molecule has 0 aliphatic carbocycles. The van der Waals surface area contributed by atoms with E-state index in [0.717, 1.165) is 5.56 Å². The first kappa shape index (κ1) is 13.7. The van der Waals surface area contributed by atoms with Crippen LogP contribution in [0.15, 0.2) is 59.8 Å². The third-order valence-corrected chi connectivity index (χ3v) is 2.08. The lowest BCUT2D eigenvalue weighted by Gasteiger charge is -2.04. The largest absolute Gasteiger partial charge is 0.311 e. The fourth-order valence-corrected chi connectivity index (χ4v) is 1.37. The lowest BCUT2D eigenvalue weighted by molar-refractivity contribution is -0.117. The monoisotopic (exact) mass is 240 g/mol. The second-order valence-corrected chi connectivity index (χ2v) is 3.57. The summed E-state index contributed by atoms with van der Waals surface area (Å²) >= 11 is 0. The standard InChI is InChI=1S/C15H16N2O/c1-4-9-15(16-12(3)18)17-14(5-2)13-10-7-6-8-11-13/h4,6-11H,2H2,1,3H3,(H,16,17,18)/b9-4-. The van der Waals surface area contributed by atoms with E-state index in [1.54, 1.807) is 12.2 Å². The van der Waals surface area contributed by atoms with Crippen molar-refractivity contribution in [2.24, 2.45) is 4.99 Å². The average molecular weight is 240 g/mol. The Balaban J connectivity index is 3.09. The van der Waals surface area contributed by atoms with E-state index < -0.39 is 0 Å². The maximum atomic E-state index is 11.1. The molecule has 1 aromatic carbocycles. The number of aliphatic imine (C=N–C) groups is 1. The number of hydrogen-bond donors (Lipinski definition) is 1. The molecule has 0 aliphatic rings. The number of carbonyl (C=O) groups excluding carboxylic acids is 1. The summed E-state index contributed by atoms with van der Waals surface area (Å²) in [5.41, 5.74) is 4.27. The van der Waals surface area contributed by atoms with Gasteiger partial charge in [0.2, 0.25) is 5.91 Å². The van der Waals surface area contributed by atoms with Gasteiger partial charge in [-0.15, -0.1) is 5.73 Å². The molecule has 1 rings (SSSR count). The highest BCUT2D eigenvalue weighted by atomic mass is 16.1. The summed E-state index contributed by atoms with van der Waals surface area (Å²) in [4.78, 5) is 15.4. The Morgan fingerprint density at radius 1 is 1.39 bits per heavy atom. The van der Waals surface area contributed by atoms with Gasteiger partial charge in [-0.25, -0.2) is 4.99 Å². The van der Waals surface area contributed by atoms with E-state index in [0.29, 0.717) is 11.5 Å². The minimum Gasteiger partial charge on any atom is -0.311 e. The lowest BCUT2D eigenvalue weighted by Crippen LogP contribution is -2.26. The molecule has 92 valence electrons.